The van der Waals surface area contributed by atoms with E-state index in [-0.39, 0.29) is 6.04 Å². The van der Waals surface area contributed by atoms with E-state index in [1.807, 2.05) is 12.1 Å². The summed E-state index contributed by atoms with van der Waals surface area (Å²) in [6, 6.07) is 6.38. The Morgan fingerprint density at radius 1 is 1.16 bits per heavy atom. The Balaban J connectivity index is 2.24. The highest BCUT2D eigenvalue weighted by atomic mass is 35.5. The summed E-state index contributed by atoms with van der Waals surface area (Å²) in [5.74, 6) is 0. The molecule has 1 heterocycles. The molecule has 3 heteroatoms. The van der Waals surface area contributed by atoms with E-state index in [1.165, 1.54) is 43.4 Å². The number of halogens is 1. The quantitative estimate of drug-likeness (QED) is 0.907. The molecule has 0 spiro atoms. The lowest BCUT2D eigenvalue weighted by atomic mass is 10.0. The molecule has 1 saturated heterocycles. The molecule has 1 aliphatic rings. The zero-order valence-electron chi connectivity index (χ0n) is 11.9. The van der Waals surface area contributed by atoms with Gasteiger partial charge < -0.3 is 10.6 Å². The van der Waals surface area contributed by atoms with Gasteiger partial charge in [-0.1, -0.05) is 43.0 Å². The first-order chi connectivity index (χ1) is 9.18. The maximum atomic E-state index is 6.46. The first-order valence-corrected chi connectivity index (χ1v) is 7.84. The molecule has 0 bridgehead atoms. The van der Waals surface area contributed by atoms with Crippen LogP contribution < -0.4 is 10.6 Å². The average Bonchev–Trinajstić information content (AvgIpc) is 2.30. The maximum absolute atomic E-state index is 6.46. The van der Waals surface area contributed by atoms with E-state index >= 15 is 0 Å². The number of rotatable bonds is 3. The molecular formula is C16H25ClN2. The summed E-state index contributed by atoms with van der Waals surface area (Å²) in [6.07, 6.45) is 7.48. The van der Waals surface area contributed by atoms with Crippen molar-refractivity contribution >= 4 is 17.3 Å². The molecule has 0 aromatic heterocycles. The van der Waals surface area contributed by atoms with Gasteiger partial charge in [-0.3, -0.25) is 0 Å². The van der Waals surface area contributed by atoms with Crippen molar-refractivity contribution in [3.05, 3.63) is 28.8 Å². The van der Waals surface area contributed by atoms with Gasteiger partial charge in [-0.15, -0.1) is 0 Å². The molecule has 1 aromatic carbocycles. The van der Waals surface area contributed by atoms with Crippen molar-refractivity contribution in [3.63, 3.8) is 0 Å². The number of benzene rings is 1. The summed E-state index contributed by atoms with van der Waals surface area (Å²) in [5.41, 5.74) is 8.49. The molecule has 0 amide bonds. The van der Waals surface area contributed by atoms with Crippen LogP contribution in [0.15, 0.2) is 18.2 Å². The summed E-state index contributed by atoms with van der Waals surface area (Å²) < 4.78 is 0. The van der Waals surface area contributed by atoms with Crippen LogP contribution in [0, 0.1) is 0 Å². The van der Waals surface area contributed by atoms with Crippen molar-refractivity contribution in [1.29, 1.82) is 0 Å². The first kappa shape index (κ1) is 14.7. The molecule has 0 radical (unpaired) electrons. The lowest BCUT2D eigenvalue weighted by molar-refractivity contribution is 0.555. The van der Waals surface area contributed by atoms with Crippen molar-refractivity contribution in [1.82, 2.24) is 0 Å². The van der Waals surface area contributed by atoms with Gasteiger partial charge in [-0.25, -0.2) is 0 Å². The van der Waals surface area contributed by atoms with Gasteiger partial charge in [-0.05, 0) is 37.8 Å². The molecule has 2 rings (SSSR count). The number of anilines is 1. The smallest absolute Gasteiger partial charge is 0.0642 e. The molecule has 0 aliphatic carbocycles. The Bertz CT molecular complexity index is 396. The van der Waals surface area contributed by atoms with Crippen LogP contribution in [-0.2, 0) is 6.42 Å². The van der Waals surface area contributed by atoms with Crippen LogP contribution in [0.4, 0.5) is 5.69 Å². The first-order valence-electron chi connectivity index (χ1n) is 7.46. The lowest BCUT2D eigenvalue weighted by Gasteiger charge is -2.30. The monoisotopic (exact) mass is 280 g/mol. The van der Waals surface area contributed by atoms with Gasteiger partial charge in [0.05, 0.1) is 10.7 Å². The number of para-hydroxylation sites is 1. The van der Waals surface area contributed by atoms with Gasteiger partial charge in [0.15, 0.2) is 0 Å². The minimum absolute atomic E-state index is 0.173. The molecule has 1 aliphatic heterocycles. The van der Waals surface area contributed by atoms with E-state index in [2.05, 4.69) is 17.9 Å². The van der Waals surface area contributed by atoms with Crippen molar-refractivity contribution in [2.24, 2.45) is 5.73 Å². The second-order valence-electron chi connectivity index (χ2n) is 5.68. The summed E-state index contributed by atoms with van der Waals surface area (Å²) in [5, 5.41) is 0.874. The Labute approximate surface area is 121 Å². The van der Waals surface area contributed by atoms with Gasteiger partial charge in [0, 0.05) is 19.1 Å². The highest BCUT2D eigenvalue weighted by Crippen LogP contribution is 2.32. The van der Waals surface area contributed by atoms with Crippen LogP contribution in [0.25, 0.3) is 0 Å². The van der Waals surface area contributed by atoms with E-state index in [0.717, 1.165) is 24.5 Å². The summed E-state index contributed by atoms with van der Waals surface area (Å²) in [7, 11) is 0. The molecule has 1 unspecified atom stereocenters. The van der Waals surface area contributed by atoms with Crippen LogP contribution in [-0.4, -0.2) is 19.1 Å². The van der Waals surface area contributed by atoms with E-state index in [1.54, 1.807) is 0 Å². The number of hydrogen-bond donors (Lipinski definition) is 1. The SMILES string of the molecule is CC(N)Cc1cccc(Cl)c1N1CCCCCCC1. The Kier molecular flexibility index (Phi) is 5.53. The fourth-order valence-corrected chi connectivity index (χ4v) is 3.21. The van der Waals surface area contributed by atoms with Crippen LogP contribution in [0.1, 0.15) is 44.6 Å². The number of nitrogens with two attached hydrogens (primary N) is 1. The number of hydrogen-bond acceptors (Lipinski definition) is 2. The van der Waals surface area contributed by atoms with E-state index in [9.17, 15) is 0 Å². The third-order valence-electron chi connectivity index (χ3n) is 3.78. The topological polar surface area (TPSA) is 29.3 Å². The zero-order chi connectivity index (χ0) is 13.7. The fourth-order valence-electron chi connectivity index (χ4n) is 2.90. The van der Waals surface area contributed by atoms with E-state index < -0.39 is 0 Å². The molecular weight excluding hydrogens is 256 g/mol. The summed E-state index contributed by atoms with van der Waals surface area (Å²) in [4.78, 5) is 2.47. The van der Waals surface area contributed by atoms with Crippen molar-refractivity contribution in [3.8, 4) is 0 Å². The largest absolute Gasteiger partial charge is 0.370 e. The Morgan fingerprint density at radius 3 is 2.42 bits per heavy atom. The van der Waals surface area contributed by atoms with Crippen LogP contribution >= 0.6 is 11.6 Å². The van der Waals surface area contributed by atoms with E-state index in [4.69, 9.17) is 17.3 Å². The molecule has 0 saturated carbocycles. The van der Waals surface area contributed by atoms with Gasteiger partial charge in [-0.2, -0.15) is 0 Å². The van der Waals surface area contributed by atoms with E-state index in [0.29, 0.717) is 0 Å². The standard InChI is InChI=1S/C16H25ClN2/c1-13(18)12-14-8-7-9-15(17)16(14)19-10-5-3-2-4-6-11-19/h7-9,13H,2-6,10-12,18H2,1H3. The predicted molar refractivity (Wildman–Crippen MR) is 84.1 cm³/mol. The molecule has 2 nitrogen and oxygen atoms in total. The lowest BCUT2D eigenvalue weighted by Crippen LogP contribution is -2.29. The Morgan fingerprint density at radius 2 is 1.79 bits per heavy atom. The minimum Gasteiger partial charge on any atom is -0.370 e. The molecule has 106 valence electrons. The van der Waals surface area contributed by atoms with Crippen LogP contribution in [0.5, 0.6) is 0 Å². The van der Waals surface area contributed by atoms with Gasteiger partial charge >= 0.3 is 0 Å². The average molecular weight is 281 g/mol. The minimum atomic E-state index is 0.173. The molecule has 1 aromatic rings. The zero-order valence-corrected chi connectivity index (χ0v) is 12.6. The van der Waals surface area contributed by atoms with Crippen molar-refractivity contribution < 1.29 is 0 Å². The van der Waals surface area contributed by atoms with Crippen molar-refractivity contribution in [2.45, 2.75) is 51.5 Å². The third kappa shape index (κ3) is 4.12. The van der Waals surface area contributed by atoms with Crippen LogP contribution in [0.3, 0.4) is 0 Å². The molecule has 19 heavy (non-hydrogen) atoms. The Hall–Kier alpha value is -0.730. The molecule has 1 atom stereocenters. The highest BCUT2D eigenvalue weighted by Gasteiger charge is 2.16. The van der Waals surface area contributed by atoms with Gasteiger partial charge in [0.25, 0.3) is 0 Å². The maximum Gasteiger partial charge on any atom is 0.0642 e. The van der Waals surface area contributed by atoms with Crippen LogP contribution in [0.2, 0.25) is 5.02 Å². The molecule has 1 fully saturated rings. The summed E-state index contributed by atoms with van der Waals surface area (Å²) >= 11 is 6.46. The molecule has 2 N–H and O–H groups in total. The highest BCUT2D eigenvalue weighted by molar-refractivity contribution is 6.33. The second-order valence-corrected chi connectivity index (χ2v) is 6.09. The third-order valence-corrected chi connectivity index (χ3v) is 4.09. The predicted octanol–water partition coefficient (Wildman–Crippen LogP) is 4.00. The summed E-state index contributed by atoms with van der Waals surface area (Å²) in [6.45, 7) is 4.30. The fraction of sp³-hybridized carbons (Fsp3) is 0.625. The number of nitrogens with zero attached hydrogens (tertiary/aromatic N) is 1. The van der Waals surface area contributed by atoms with Crippen molar-refractivity contribution in [2.75, 3.05) is 18.0 Å². The second kappa shape index (κ2) is 7.16. The normalized spacial score (nSPS) is 18.8. The van der Waals surface area contributed by atoms with Gasteiger partial charge in [0.2, 0.25) is 0 Å². The van der Waals surface area contributed by atoms with Gasteiger partial charge in [0.1, 0.15) is 0 Å².